The number of hydrogen-bond acceptors (Lipinski definition) is 5. The van der Waals surface area contributed by atoms with Crippen molar-refractivity contribution < 1.29 is 4.74 Å². The van der Waals surface area contributed by atoms with Crippen LogP contribution < -0.4 is 9.64 Å². The van der Waals surface area contributed by atoms with Crippen LogP contribution in [0.25, 0.3) is 0 Å². The van der Waals surface area contributed by atoms with Crippen LogP contribution in [0.1, 0.15) is 40.5 Å². The molecule has 1 aromatic rings. The molecule has 6 heteroatoms. The molecule has 106 valence electrons. The molecule has 1 fully saturated rings. The van der Waals surface area contributed by atoms with Crippen LogP contribution in [0.4, 0.5) is 5.95 Å². The van der Waals surface area contributed by atoms with Crippen LogP contribution in [0.5, 0.6) is 6.01 Å². The highest BCUT2D eigenvalue weighted by Gasteiger charge is 2.25. The Morgan fingerprint density at radius 2 is 2.00 bits per heavy atom. The van der Waals surface area contributed by atoms with E-state index < -0.39 is 0 Å². The number of halogens is 1. The number of nitrogens with zero attached hydrogens (tertiary/aromatic N) is 4. The fraction of sp³-hybridized carbons (Fsp3) is 0.769. The molecule has 5 nitrogen and oxygen atoms in total. The maximum absolute atomic E-state index is 5.96. The number of anilines is 1. The van der Waals surface area contributed by atoms with Gasteiger partial charge in [-0.1, -0.05) is 6.92 Å². The first kappa shape index (κ1) is 14.3. The maximum atomic E-state index is 5.96. The maximum Gasteiger partial charge on any atom is 0.322 e. The second kappa shape index (κ2) is 5.90. The van der Waals surface area contributed by atoms with Crippen molar-refractivity contribution in [3.63, 3.8) is 0 Å². The zero-order valence-corrected chi connectivity index (χ0v) is 12.7. The van der Waals surface area contributed by atoms with Crippen LogP contribution in [0.2, 0.25) is 5.28 Å². The number of hydrogen-bond donors (Lipinski definition) is 0. The van der Waals surface area contributed by atoms with E-state index in [1.165, 1.54) is 0 Å². The third kappa shape index (κ3) is 3.69. The molecule has 1 saturated heterocycles. The average Bonchev–Trinajstić information content (AvgIpc) is 2.26. The lowest BCUT2D eigenvalue weighted by atomic mass is 9.94. The van der Waals surface area contributed by atoms with Gasteiger partial charge in [-0.3, -0.25) is 0 Å². The van der Waals surface area contributed by atoms with Gasteiger partial charge in [0.15, 0.2) is 0 Å². The Bertz CT molecular complexity index is 441. The summed E-state index contributed by atoms with van der Waals surface area (Å²) in [5.74, 6) is 1.37. The summed E-state index contributed by atoms with van der Waals surface area (Å²) >= 11 is 5.96. The Morgan fingerprint density at radius 3 is 2.63 bits per heavy atom. The van der Waals surface area contributed by atoms with Crippen molar-refractivity contribution in [2.75, 3.05) is 11.4 Å². The topological polar surface area (TPSA) is 51.1 Å². The van der Waals surface area contributed by atoms with Crippen molar-refractivity contribution in [2.24, 2.45) is 5.92 Å². The van der Waals surface area contributed by atoms with Crippen LogP contribution in [-0.4, -0.2) is 33.6 Å². The molecule has 2 rings (SSSR count). The molecule has 0 aromatic carbocycles. The molecule has 0 amide bonds. The van der Waals surface area contributed by atoms with E-state index in [1.54, 1.807) is 0 Å². The predicted octanol–water partition coefficient (Wildman–Crippen LogP) is 2.94. The minimum Gasteiger partial charge on any atom is -0.461 e. The minimum atomic E-state index is 0.0186. The second-order valence-corrected chi connectivity index (χ2v) is 5.86. The lowest BCUT2D eigenvalue weighted by Crippen LogP contribution is -2.41. The lowest BCUT2D eigenvalue weighted by molar-refractivity contribution is 0.221. The van der Waals surface area contributed by atoms with E-state index in [1.807, 2.05) is 13.8 Å². The fourth-order valence-corrected chi connectivity index (χ4v) is 2.57. The van der Waals surface area contributed by atoms with E-state index in [4.69, 9.17) is 16.3 Å². The molecule has 2 atom stereocenters. The smallest absolute Gasteiger partial charge is 0.322 e. The summed E-state index contributed by atoms with van der Waals surface area (Å²) in [6.07, 6.45) is 2.31. The quantitative estimate of drug-likeness (QED) is 0.854. The highest BCUT2D eigenvalue weighted by Crippen LogP contribution is 2.26. The summed E-state index contributed by atoms with van der Waals surface area (Å²) < 4.78 is 5.51. The molecule has 0 bridgehead atoms. The third-order valence-electron chi connectivity index (χ3n) is 3.31. The summed E-state index contributed by atoms with van der Waals surface area (Å²) in [4.78, 5) is 14.8. The third-order valence-corrected chi connectivity index (χ3v) is 3.48. The van der Waals surface area contributed by atoms with E-state index >= 15 is 0 Å². The van der Waals surface area contributed by atoms with Crippen LogP contribution in [0.3, 0.4) is 0 Å². The monoisotopic (exact) mass is 284 g/mol. The lowest BCUT2D eigenvalue weighted by Gasteiger charge is -2.36. The zero-order chi connectivity index (χ0) is 14.0. The minimum absolute atomic E-state index is 0.0186. The first-order valence-corrected chi connectivity index (χ1v) is 7.18. The van der Waals surface area contributed by atoms with Crippen molar-refractivity contribution in [1.82, 2.24) is 15.0 Å². The highest BCUT2D eigenvalue weighted by atomic mass is 35.5. The Labute approximate surface area is 119 Å². The van der Waals surface area contributed by atoms with Gasteiger partial charge in [0.05, 0.1) is 6.10 Å². The molecule has 2 unspecified atom stereocenters. The molecule has 0 N–H and O–H groups in total. The van der Waals surface area contributed by atoms with E-state index in [-0.39, 0.29) is 11.4 Å². The number of piperidine rings is 1. The predicted molar refractivity (Wildman–Crippen MR) is 75.8 cm³/mol. The highest BCUT2D eigenvalue weighted by molar-refractivity contribution is 6.28. The van der Waals surface area contributed by atoms with Gasteiger partial charge in [-0.25, -0.2) is 0 Å². The SMILES string of the molecule is CC1CCN(c2nc(Cl)nc(OC(C)C)n2)C(C)C1. The summed E-state index contributed by atoms with van der Waals surface area (Å²) in [6, 6.07) is 0.713. The van der Waals surface area contributed by atoms with Crippen molar-refractivity contribution in [3.8, 4) is 6.01 Å². The number of ether oxygens (including phenoxy) is 1. The number of rotatable bonds is 3. The Kier molecular flexibility index (Phi) is 4.45. The summed E-state index contributed by atoms with van der Waals surface area (Å²) in [6.45, 7) is 9.28. The van der Waals surface area contributed by atoms with Gasteiger partial charge < -0.3 is 9.64 Å². The van der Waals surface area contributed by atoms with Gasteiger partial charge in [-0.05, 0) is 51.1 Å². The van der Waals surface area contributed by atoms with E-state index in [9.17, 15) is 0 Å². The number of aromatic nitrogens is 3. The molecule has 0 spiro atoms. The van der Waals surface area contributed by atoms with Crippen molar-refractivity contribution >= 4 is 17.5 Å². The molecular formula is C13H21ClN4O. The first-order valence-electron chi connectivity index (χ1n) is 6.80. The largest absolute Gasteiger partial charge is 0.461 e. The Balaban J connectivity index is 2.21. The normalized spacial score (nSPS) is 23.8. The van der Waals surface area contributed by atoms with Gasteiger partial charge in [0.2, 0.25) is 11.2 Å². The molecule has 2 heterocycles. The molecule has 1 aromatic heterocycles. The summed E-state index contributed by atoms with van der Waals surface area (Å²) in [7, 11) is 0. The van der Waals surface area contributed by atoms with Crippen LogP contribution in [0, 0.1) is 5.92 Å². The van der Waals surface area contributed by atoms with Gasteiger partial charge in [0.1, 0.15) is 0 Å². The van der Waals surface area contributed by atoms with E-state index in [2.05, 4.69) is 33.7 Å². The van der Waals surface area contributed by atoms with E-state index in [0.717, 1.165) is 25.3 Å². The Morgan fingerprint density at radius 1 is 1.26 bits per heavy atom. The summed E-state index contributed by atoms with van der Waals surface area (Å²) in [5.41, 5.74) is 0. The fourth-order valence-electron chi connectivity index (χ4n) is 2.42. The van der Waals surface area contributed by atoms with Gasteiger partial charge in [0, 0.05) is 12.6 Å². The van der Waals surface area contributed by atoms with Crippen LogP contribution in [-0.2, 0) is 0 Å². The molecule has 1 aliphatic heterocycles. The van der Waals surface area contributed by atoms with Crippen molar-refractivity contribution in [3.05, 3.63) is 5.28 Å². The van der Waals surface area contributed by atoms with Gasteiger partial charge in [-0.15, -0.1) is 0 Å². The zero-order valence-electron chi connectivity index (χ0n) is 11.9. The van der Waals surface area contributed by atoms with E-state index in [0.29, 0.717) is 18.0 Å². The molecule has 0 saturated carbocycles. The molecule has 1 aliphatic rings. The first-order chi connectivity index (χ1) is 8.95. The van der Waals surface area contributed by atoms with Crippen LogP contribution in [0.15, 0.2) is 0 Å². The Hall–Kier alpha value is -1.10. The second-order valence-electron chi connectivity index (χ2n) is 5.53. The van der Waals surface area contributed by atoms with Gasteiger partial charge in [0.25, 0.3) is 0 Å². The standard InChI is InChI=1S/C13H21ClN4O/c1-8(2)19-13-16-11(14)15-12(17-13)18-6-5-9(3)7-10(18)4/h8-10H,5-7H2,1-4H3. The summed E-state index contributed by atoms with van der Waals surface area (Å²) in [5, 5.41) is 0.187. The average molecular weight is 285 g/mol. The van der Waals surface area contributed by atoms with Crippen molar-refractivity contribution in [2.45, 2.75) is 52.7 Å². The molecular weight excluding hydrogens is 264 g/mol. The van der Waals surface area contributed by atoms with Crippen LogP contribution >= 0.6 is 11.6 Å². The molecule has 19 heavy (non-hydrogen) atoms. The molecule has 0 aliphatic carbocycles. The van der Waals surface area contributed by atoms with Crippen molar-refractivity contribution in [1.29, 1.82) is 0 Å². The molecule has 0 radical (unpaired) electrons. The van der Waals surface area contributed by atoms with Gasteiger partial charge in [-0.2, -0.15) is 15.0 Å². The van der Waals surface area contributed by atoms with Gasteiger partial charge >= 0.3 is 6.01 Å².